The van der Waals surface area contributed by atoms with Crippen LogP contribution in [0, 0.1) is 5.82 Å². The Labute approximate surface area is 198 Å². The second-order valence-electron chi connectivity index (χ2n) is 7.79. The van der Waals surface area contributed by atoms with Crippen molar-refractivity contribution >= 4 is 40.7 Å². The van der Waals surface area contributed by atoms with Gasteiger partial charge in [0.15, 0.2) is 0 Å². The van der Waals surface area contributed by atoms with Gasteiger partial charge in [0.2, 0.25) is 5.91 Å². The lowest BCUT2D eigenvalue weighted by atomic mass is 9.95. The number of methoxy groups -OCH3 is 1. The Morgan fingerprint density at radius 3 is 2.74 bits per heavy atom. The van der Waals surface area contributed by atoms with Crippen molar-refractivity contribution in [2.75, 3.05) is 26.7 Å². The number of fused-ring (bicyclic) bond motifs is 1. The van der Waals surface area contributed by atoms with Gasteiger partial charge in [-0.05, 0) is 29.8 Å². The molecule has 1 aliphatic rings. The Balaban J connectivity index is 1.70. The van der Waals surface area contributed by atoms with E-state index in [0.29, 0.717) is 41.5 Å². The van der Waals surface area contributed by atoms with E-state index in [1.54, 1.807) is 12.1 Å². The SMILES string of the molecule is COC(=O)[C@@H]1CN(C(=O)[C@@H](C=O)c2ccc3c(-c4ccc(F)cc4Cl)cc(=O)oc3c2)CCN1. The van der Waals surface area contributed by atoms with Crippen LogP contribution in [0.4, 0.5) is 4.39 Å². The smallest absolute Gasteiger partial charge is 0.336 e. The lowest BCUT2D eigenvalue weighted by Crippen LogP contribution is -2.56. The van der Waals surface area contributed by atoms with E-state index in [1.807, 2.05) is 0 Å². The number of esters is 1. The molecule has 1 saturated heterocycles. The van der Waals surface area contributed by atoms with E-state index < -0.39 is 35.3 Å². The number of piperazine rings is 1. The quantitative estimate of drug-likeness (QED) is 0.255. The maximum atomic E-state index is 13.5. The van der Waals surface area contributed by atoms with Gasteiger partial charge in [0.25, 0.3) is 0 Å². The monoisotopic (exact) mass is 486 g/mol. The molecule has 0 bridgehead atoms. The zero-order valence-electron chi connectivity index (χ0n) is 18.0. The average Bonchev–Trinajstić information content (AvgIpc) is 2.83. The molecule has 1 N–H and O–H groups in total. The van der Waals surface area contributed by atoms with Crippen molar-refractivity contribution in [1.82, 2.24) is 10.2 Å². The first-order valence-electron chi connectivity index (χ1n) is 10.4. The summed E-state index contributed by atoms with van der Waals surface area (Å²) in [6.45, 7) is 0.740. The fourth-order valence-electron chi connectivity index (χ4n) is 4.03. The van der Waals surface area contributed by atoms with Crippen molar-refractivity contribution in [3.8, 4) is 11.1 Å². The average molecular weight is 487 g/mol. The highest BCUT2D eigenvalue weighted by molar-refractivity contribution is 6.33. The Kier molecular flexibility index (Phi) is 6.76. The predicted molar refractivity (Wildman–Crippen MR) is 122 cm³/mol. The summed E-state index contributed by atoms with van der Waals surface area (Å²) in [6.07, 6.45) is 0.511. The number of benzene rings is 2. The van der Waals surface area contributed by atoms with Gasteiger partial charge < -0.3 is 24.2 Å². The van der Waals surface area contributed by atoms with Gasteiger partial charge in [-0.3, -0.25) is 9.59 Å². The van der Waals surface area contributed by atoms with Gasteiger partial charge >= 0.3 is 11.6 Å². The highest BCUT2D eigenvalue weighted by Crippen LogP contribution is 2.34. The van der Waals surface area contributed by atoms with Gasteiger partial charge in [-0.2, -0.15) is 0 Å². The van der Waals surface area contributed by atoms with Crippen molar-refractivity contribution in [1.29, 1.82) is 0 Å². The summed E-state index contributed by atoms with van der Waals surface area (Å²) >= 11 is 6.19. The zero-order valence-corrected chi connectivity index (χ0v) is 18.8. The summed E-state index contributed by atoms with van der Waals surface area (Å²) in [7, 11) is 1.26. The number of nitrogens with one attached hydrogen (secondary N) is 1. The Hall–Kier alpha value is -3.56. The number of amides is 1. The Morgan fingerprint density at radius 1 is 1.24 bits per heavy atom. The topological polar surface area (TPSA) is 106 Å². The molecule has 2 aromatic carbocycles. The van der Waals surface area contributed by atoms with Crippen LogP contribution >= 0.6 is 11.6 Å². The molecule has 8 nitrogen and oxygen atoms in total. The van der Waals surface area contributed by atoms with Crippen LogP contribution in [0.2, 0.25) is 5.02 Å². The molecule has 3 aromatic rings. The molecule has 1 fully saturated rings. The number of aldehydes is 1. The van der Waals surface area contributed by atoms with Crippen LogP contribution in [-0.4, -0.2) is 55.8 Å². The number of carbonyl (C=O) groups excluding carboxylic acids is 3. The first-order valence-corrected chi connectivity index (χ1v) is 10.8. The minimum absolute atomic E-state index is 0.0612. The molecule has 0 unspecified atom stereocenters. The van der Waals surface area contributed by atoms with Gasteiger partial charge in [0.05, 0.1) is 12.1 Å². The number of halogens is 2. The Bertz CT molecular complexity index is 1340. The molecule has 0 aliphatic carbocycles. The third kappa shape index (κ3) is 4.57. The lowest BCUT2D eigenvalue weighted by molar-refractivity contribution is -0.146. The molecule has 1 aliphatic heterocycles. The highest BCUT2D eigenvalue weighted by Gasteiger charge is 2.33. The number of hydrogen-bond acceptors (Lipinski definition) is 7. The normalized spacial score (nSPS) is 16.8. The van der Waals surface area contributed by atoms with Gasteiger partial charge in [0, 0.05) is 42.2 Å². The summed E-state index contributed by atoms with van der Waals surface area (Å²) in [4.78, 5) is 50.6. The molecule has 2 atom stereocenters. The fourth-order valence-corrected chi connectivity index (χ4v) is 4.30. The van der Waals surface area contributed by atoms with Crippen LogP contribution < -0.4 is 10.9 Å². The molecule has 34 heavy (non-hydrogen) atoms. The summed E-state index contributed by atoms with van der Waals surface area (Å²) in [5.41, 5.74) is 0.669. The summed E-state index contributed by atoms with van der Waals surface area (Å²) in [5, 5.41) is 3.59. The summed E-state index contributed by atoms with van der Waals surface area (Å²) in [6, 6.07) is 9.04. The minimum Gasteiger partial charge on any atom is -0.468 e. The maximum Gasteiger partial charge on any atom is 0.336 e. The molecule has 0 radical (unpaired) electrons. The van der Waals surface area contributed by atoms with Crippen molar-refractivity contribution in [3.05, 3.63) is 69.3 Å². The van der Waals surface area contributed by atoms with Gasteiger partial charge in [0.1, 0.15) is 29.6 Å². The minimum atomic E-state index is -1.16. The van der Waals surface area contributed by atoms with E-state index in [0.717, 1.165) is 6.07 Å². The van der Waals surface area contributed by atoms with Crippen molar-refractivity contribution in [2.45, 2.75) is 12.0 Å². The van der Waals surface area contributed by atoms with Gasteiger partial charge in [-0.1, -0.05) is 23.7 Å². The number of carbonyl (C=O) groups is 3. The van der Waals surface area contributed by atoms with E-state index in [-0.39, 0.29) is 17.2 Å². The Morgan fingerprint density at radius 2 is 2.03 bits per heavy atom. The largest absolute Gasteiger partial charge is 0.468 e. The van der Waals surface area contributed by atoms with Crippen LogP contribution in [0.25, 0.3) is 22.1 Å². The standard InChI is InChI=1S/C24H20ClFN2O6/c1-33-24(32)20-11-28(7-6-27-20)23(31)18(12-29)13-2-4-16-17(10-22(30)34-21(16)8-13)15-5-3-14(26)9-19(15)25/h2-5,8-10,12,18,20,27H,6-7,11H2,1H3/t18-,20-/m0/s1. The number of nitrogens with zero attached hydrogens (tertiary/aromatic N) is 1. The second-order valence-corrected chi connectivity index (χ2v) is 8.19. The van der Waals surface area contributed by atoms with E-state index in [2.05, 4.69) is 5.32 Å². The maximum absolute atomic E-state index is 13.5. The molecular formula is C24H20ClFN2O6. The number of ether oxygens (including phenoxy) is 1. The van der Waals surface area contributed by atoms with Gasteiger partial charge in [-0.15, -0.1) is 0 Å². The predicted octanol–water partition coefficient (Wildman–Crippen LogP) is 2.51. The lowest BCUT2D eigenvalue weighted by Gasteiger charge is -2.33. The van der Waals surface area contributed by atoms with Crippen molar-refractivity contribution in [3.63, 3.8) is 0 Å². The van der Waals surface area contributed by atoms with E-state index in [9.17, 15) is 23.6 Å². The zero-order chi connectivity index (χ0) is 24.4. The molecule has 4 rings (SSSR count). The second kappa shape index (κ2) is 9.74. The third-order valence-corrected chi connectivity index (χ3v) is 6.04. The first kappa shape index (κ1) is 23.6. The molecule has 10 heteroatoms. The number of rotatable bonds is 5. The molecule has 0 spiro atoms. The van der Waals surface area contributed by atoms with Crippen LogP contribution in [0.15, 0.2) is 51.7 Å². The van der Waals surface area contributed by atoms with E-state index >= 15 is 0 Å². The van der Waals surface area contributed by atoms with E-state index in [1.165, 1.54) is 36.3 Å². The van der Waals surface area contributed by atoms with Crippen LogP contribution in [0.1, 0.15) is 11.5 Å². The van der Waals surface area contributed by atoms with Crippen LogP contribution in [-0.2, 0) is 19.1 Å². The molecule has 0 saturated carbocycles. The summed E-state index contributed by atoms with van der Waals surface area (Å²) in [5.74, 6) is -2.66. The van der Waals surface area contributed by atoms with Crippen molar-refractivity contribution in [2.24, 2.45) is 0 Å². The molecular weight excluding hydrogens is 467 g/mol. The molecule has 176 valence electrons. The van der Waals surface area contributed by atoms with Gasteiger partial charge in [-0.25, -0.2) is 9.18 Å². The third-order valence-electron chi connectivity index (χ3n) is 5.72. The highest BCUT2D eigenvalue weighted by atomic mass is 35.5. The van der Waals surface area contributed by atoms with Crippen LogP contribution in [0.3, 0.4) is 0 Å². The molecule has 1 amide bonds. The first-order chi connectivity index (χ1) is 16.3. The van der Waals surface area contributed by atoms with E-state index in [4.69, 9.17) is 20.8 Å². The number of hydrogen-bond donors (Lipinski definition) is 1. The molecule has 1 aromatic heterocycles. The van der Waals surface area contributed by atoms with Crippen LogP contribution in [0.5, 0.6) is 0 Å². The summed E-state index contributed by atoms with van der Waals surface area (Å²) < 4.78 is 23.5. The fraction of sp³-hybridized carbons (Fsp3) is 0.250. The van der Waals surface area contributed by atoms with Crippen molar-refractivity contribution < 1.29 is 27.9 Å². The molecule has 2 heterocycles.